The van der Waals surface area contributed by atoms with Crippen LogP contribution in [0, 0.1) is 6.92 Å². The molecule has 0 N–H and O–H groups in total. The molecule has 88 valence electrons. The highest BCUT2D eigenvalue weighted by Gasteiger charge is 2.33. The first-order valence-electron chi connectivity index (χ1n) is 4.14. The van der Waals surface area contributed by atoms with Crippen molar-refractivity contribution in [1.82, 2.24) is 4.98 Å². The molecule has 1 aromatic rings. The molecular weight excluding hydrogens is 227 g/mol. The molecule has 1 aromatic heterocycles. The monoisotopic (exact) mass is 235 g/mol. The SMILES string of the molecule is COc1cc(C=O)nc(OC(F)(F)F)c1C. The zero-order chi connectivity index (χ0) is 12.3. The summed E-state index contributed by atoms with van der Waals surface area (Å²) in [4.78, 5) is 13.8. The average Bonchev–Trinajstić information content (AvgIpc) is 2.19. The number of methoxy groups -OCH3 is 1. The van der Waals surface area contributed by atoms with E-state index in [1.165, 1.54) is 20.1 Å². The third-order valence-electron chi connectivity index (χ3n) is 1.75. The molecule has 0 atom stereocenters. The van der Waals surface area contributed by atoms with E-state index in [0.717, 1.165) is 0 Å². The molecule has 1 rings (SSSR count). The Bertz CT molecular complexity index is 404. The van der Waals surface area contributed by atoms with Gasteiger partial charge in [-0.1, -0.05) is 0 Å². The topological polar surface area (TPSA) is 48.4 Å². The lowest BCUT2D eigenvalue weighted by Gasteiger charge is -2.12. The van der Waals surface area contributed by atoms with E-state index in [0.29, 0.717) is 6.29 Å². The van der Waals surface area contributed by atoms with Crippen LogP contribution >= 0.6 is 0 Å². The fourth-order valence-electron chi connectivity index (χ4n) is 1.06. The Kier molecular flexibility index (Phi) is 3.36. The summed E-state index contributed by atoms with van der Waals surface area (Å²) in [6.07, 6.45) is -4.55. The van der Waals surface area contributed by atoms with Crippen LogP contribution < -0.4 is 9.47 Å². The van der Waals surface area contributed by atoms with Gasteiger partial charge in [-0.2, -0.15) is 0 Å². The number of aromatic nitrogens is 1. The number of aldehydes is 1. The number of halogens is 3. The van der Waals surface area contributed by atoms with Gasteiger partial charge >= 0.3 is 6.36 Å². The molecule has 0 radical (unpaired) electrons. The second-order valence-electron chi connectivity index (χ2n) is 2.85. The van der Waals surface area contributed by atoms with Crippen molar-refractivity contribution in [3.05, 3.63) is 17.3 Å². The molecule has 0 saturated heterocycles. The van der Waals surface area contributed by atoms with Crippen molar-refractivity contribution in [3.8, 4) is 11.6 Å². The van der Waals surface area contributed by atoms with Crippen LogP contribution in [-0.2, 0) is 0 Å². The second-order valence-corrected chi connectivity index (χ2v) is 2.85. The summed E-state index contributed by atoms with van der Waals surface area (Å²) in [6.45, 7) is 1.35. The van der Waals surface area contributed by atoms with Gasteiger partial charge in [-0.05, 0) is 6.92 Å². The van der Waals surface area contributed by atoms with Gasteiger partial charge in [0.05, 0.1) is 12.7 Å². The third-order valence-corrected chi connectivity index (χ3v) is 1.75. The van der Waals surface area contributed by atoms with E-state index in [-0.39, 0.29) is 17.0 Å². The Hall–Kier alpha value is -1.79. The zero-order valence-electron chi connectivity index (χ0n) is 8.46. The van der Waals surface area contributed by atoms with E-state index in [4.69, 9.17) is 4.74 Å². The van der Waals surface area contributed by atoms with Crippen LogP contribution in [0.25, 0.3) is 0 Å². The first-order valence-corrected chi connectivity index (χ1v) is 4.14. The van der Waals surface area contributed by atoms with Gasteiger partial charge in [-0.3, -0.25) is 4.79 Å². The fourth-order valence-corrected chi connectivity index (χ4v) is 1.06. The van der Waals surface area contributed by atoms with Crippen LogP contribution in [0.15, 0.2) is 6.07 Å². The van der Waals surface area contributed by atoms with E-state index in [9.17, 15) is 18.0 Å². The highest BCUT2D eigenvalue weighted by atomic mass is 19.4. The molecule has 0 aliphatic rings. The van der Waals surface area contributed by atoms with Gasteiger partial charge in [0.25, 0.3) is 0 Å². The molecule has 0 spiro atoms. The highest BCUT2D eigenvalue weighted by molar-refractivity contribution is 5.73. The predicted octanol–water partition coefficient (Wildman–Crippen LogP) is 2.11. The van der Waals surface area contributed by atoms with Crippen LogP contribution in [0.4, 0.5) is 13.2 Å². The summed E-state index contributed by atoms with van der Waals surface area (Å²) in [5, 5.41) is 0. The Morgan fingerprint density at radius 3 is 2.50 bits per heavy atom. The second kappa shape index (κ2) is 4.38. The van der Waals surface area contributed by atoms with Crippen LogP contribution in [0.2, 0.25) is 0 Å². The quantitative estimate of drug-likeness (QED) is 0.753. The Morgan fingerprint density at radius 2 is 2.06 bits per heavy atom. The van der Waals surface area contributed by atoms with E-state index in [2.05, 4.69) is 9.72 Å². The Balaban J connectivity index is 3.21. The first kappa shape index (κ1) is 12.3. The first-order chi connectivity index (χ1) is 7.37. The third kappa shape index (κ3) is 2.85. The van der Waals surface area contributed by atoms with Gasteiger partial charge in [0.15, 0.2) is 6.29 Å². The molecule has 0 unspecified atom stereocenters. The molecule has 0 aromatic carbocycles. The van der Waals surface area contributed by atoms with E-state index < -0.39 is 12.2 Å². The molecule has 0 aliphatic heterocycles. The van der Waals surface area contributed by atoms with E-state index >= 15 is 0 Å². The van der Waals surface area contributed by atoms with Crippen molar-refractivity contribution in [2.45, 2.75) is 13.3 Å². The molecule has 0 fully saturated rings. The molecule has 4 nitrogen and oxygen atoms in total. The summed E-state index contributed by atoms with van der Waals surface area (Å²) in [5.41, 5.74) is -0.118. The molecule has 7 heteroatoms. The lowest BCUT2D eigenvalue weighted by molar-refractivity contribution is -0.276. The molecular formula is C9H8F3NO3. The van der Waals surface area contributed by atoms with Gasteiger partial charge in [0.2, 0.25) is 5.88 Å². The van der Waals surface area contributed by atoms with Crippen molar-refractivity contribution in [1.29, 1.82) is 0 Å². The van der Waals surface area contributed by atoms with Crippen LogP contribution in [0.1, 0.15) is 16.1 Å². The molecule has 0 saturated carbocycles. The Morgan fingerprint density at radius 1 is 1.44 bits per heavy atom. The summed E-state index contributed by atoms with van der Waals surface area (Å²) in [6, 6.07) is 1.23. The maximum Gasteiger partial charge on any atom is 0.574 e. The molecule has 0 bridgehead atoms. The average molecular weight is 235 g/mol. The van der Waals surface area contributed by atoms with Crippen molar-refractivity contribution < 1.29 is 27.4 Å². The predicted molar refractivity (Wildman–Crippen MR) is 47.6 cm³/mol. The maximum absolute atomic E-state index is 12.0. The fraction of sp³-hybridized carbons (Fsp3) is 0.333. The number of pyridine rings is 1. The molecule has 0 aliphatic carbocycles. The van der Waals surface area contributed by atoms with E-state index in [1.54, 1.807) is 0 Å². The number of carbonyl (C=O) groups is 1. The largest absolute Gasteiger partial charge is 0.574 e. The van der Waals surface area contributed by atoms with Gasteiger partial charge in [0, 0.05) is 6.07 Å². The lowest BCUT2D eigenvalue weighted by Crippen LogP contribution is -2.19. The van der Waals surface area contributed by atoms with Crippen molar-refractivity contribution in [2.75, 3.05) is 7.11 Å². The molecule has 0 amide bonds. The van der Waals surface area contributed by atoms with Crippen molar-refractivity contribution >= 4 is 6.29 Å². The van der Waals surface area contributed by atoms with Crippen LogP contribution in [-0.4, -0.2) is 24.7 Å². The van der Waals surface area contributed by atoms with Crippen molar-refractivity contribution in [3.63, 3.8) is 0 Å². The lowest BCUT2D eigenvalue weighted by atomic mass is 10.2. The zero-order valence-corrected chi connectivity index (χ0v) is 8.46. The highest BCUT2D eigenvalue weighted by Crippen LogP contribution is 2.30. The van der Waals surface area contributed by atoms with E-state index in [1.807, 2.05) is 0 Å². The number of alkyl halides is 3. The summed E-state index contributed by atoms with van der Waals surface area (Å²) in [5.74, 6) is -0.578. The van der Waals surface area contributed by atoms with Crippen molar-refractivity contribution in [2.24, 2.45) is 0 Å². The number of hydrogen-bond acceptors (Lipinski definition) is 4. The summed E-state index contributed by atoms with van der Waals surface area (Å²) >= 11 is 0. The molecule has 1 heterocycles. The summed E-state index contributed by atoms with van der Waals surface area (Å²) < 4.78 is 44.5. The van der Waals surface area contributed by atoms with Gasteiger partial charge in [-0.25, -0.2) is 4.98 Å². The minimum atomic E-state index is -4.86. The molecule has 16 heavy (non-hydrogen) atoms. The van der Waals surface area contributed by atoms with Gasteiger partial charge < -0.3 is 9.47 Å². The maximum atomic E-state index is 12.0. The minimum Gasteiger partial charge on any atom is -0.496 e. The van der Waals surface area contributed by atoms with Crippen LogP contribution in [0.3, 0.4) is 0 Å². The van der Waals surface area contributed by atoms with Gasteiger partial charge in [-0.15, -0.1) is 13.2 Å². The number of carbonyl (C=O) groups excluding carboxylic acids is 1. The standard InChI is InChI=1S/C9H8F3NO3/c1-5-7(15-2)3-6(4-14)13-8(5)16-9(10,11)12/h3-4H,1-2H3. The summed E-state index contributed by atoms with van der Waals surface area (Å²) in [7, 11) is 1.27. The number of hydrogen-bond donors (Lipinski definition) is 0. The van der Waals surface area contributed by atoms with Crippen LogP contribution in [0.5, 0.6) is 11.6 Å². The number of rotatable bonds is 3. The number of ether oxygens (including phenoxy) is 2. The smallest absolute Gasteiger partial charge is 0.496 e. The Labute approximate surface area is 89.0 Å². The normalized spacial score (nSPS) is 11.1. The number of nitrogens with zero attached hydrogens (tertiary/aromatic N) is 1. The van der Waals surface area contributed by atoms with Gasteiger partial charge in [0.1, 0.15) is 11.4 Å². The minimum absolute atomic E-state index is 0.0745.